The molecule has 0 fully saturated rings. The number of amides is 1. The topological polar surface area (TPSA) is 38.1 Å². The third kappa shape index (κ3) is 2.38. The van der Waals surface area contributed by atoms with Crippen LogP contribution in [0.3, 0.4) is 0 Å². The number of para-hydroxylation sites is 1. The maximum Gasteiger partial charge on any atom is 0.279 e. The minimum absolute atomic E-state index is 0.103. The highest BCUT2D eigenvalue weighted by Gasteiger charge is 2.32. The van der Waals surface area contributed by atoms with Crippen LogP contribution in [-0.4, -0.2) is 21.7 Å². The third-order valence-electron chi connectivity index (χ3n) is 4.33. The van der Waals surface area contributed by atoms with E-state index in [0.29, 0.717) is 11.4 Å². The molecular formula is C19H16FN3O. The summed E-state index contributed by atoms with van der Waals surface area (Å²) in [5, 5.41) is 4.37. The number of hydrogen-bond acceptors (Lipinski definition) is 2. The average molecular weight is 321 g/mol. The number of benzene rings is 2. The summed E-state index contributed by atoms with van der Waals surface area (Å²) >= 11 is 0. The molecule has 5 heteroatoms. The Morgan fingerprint density at radius 2 is 1.88 bits per heavy atom. The fourth-order valence-corrected chi connectivity index (χ4v) is 3.17. The van der Waals surface area contributed by atoms with Crippen molar-refractivity contribution < 1.29 is 9.18 Å². The fraction of sp³-hybridized carbons (Fsp3) is 0.158. The van der Waals surface area contributed by atoms with Crippen LogP contribution < -0.4 is 4.90 Å². The molecule has 120 valence electrons. The lowest BCUT2D eigenvalue weighted by Gasteiger charge is -2.21. The molecule has 0 N–H and O–H groups in total. The Labute approximate surface area is 139 Å². The van der Waals surface area contributed by atoms with Crippen molar-refractivity contribution in [1.29, 1.82) is 0 Å². The number of rotatable bonds is 2. The number of fused-ring (bicyclic) bond motifs is 1. The molecule has 4 rings (SSSR count). The van der Waals surface area contributed by atoms with Gasteiger partial charge in [-0.2, -0.15) is 5.10 Å². The molecule has 1 aromatic heterocycles. The molecule has 0 bridgehead atoms. The van der Waals surface area contributed by atoms with Crippen LogP contribution in [0.1, 0.15) is 23.0 Å². The van der Waals surface area contributed by atoms with E-state index in [1.54, 1.807) is 34.0 Å². The first-order chi connectivity index (χ1) is 11.6. The highest BCUT2D eigenvalue weighted by molar-refractivity contribution is 6.06. The van der Waals surface area contributed by atoms with Gasteiger partial charge in [-0.1, -0.05) is 18.2 Å². The monoisotopic (exact) mass is 321 g/mol. The molecule has 0 aliphatic carbocycles. The SMILES string of the molecule is CC1Cc2ccccc2N1C(=O)c1ccn(-c2ccc(F)cc2)n1. The van der Waals surface area contributed by atoms with E-state index < -0.39 is 0 Å². The molecule has 1 aliphatic rings. The summed E-state index contributed by atoms with van der Waals surface area (Å²) in [5.41, 5.74) is 3.22. The Bertz CT molecular complexity index is 901. The van der Waals surface area contributed by atoms with Gasteiger partial charge in [-0.25, -0.2) is 9.07 Å². The number of aromatic nitrogens is 2. The van der Waals surface area contributed by atoms with Crippen molar-refractivity contribution in [3.63, 3.8) is 0 Å². The van der Waals surface area contributed by atoms with Gasteiger partial charge in [0, 0.05) is 17.9 Å². The van der Waals surface area contributed by atoms with Crippen molar-refractivity contribution in [2.75, 3.05) is 4.90 Å². The highest BCUT2D eigenvalue weighted by atomic mass is 19.1. The zero-order valence-corrected chi connectivity index (χ0v) is 13.2. The fourth-order valence-electron chi connectivity index (χ4n) is 3.17. The second kappa shape index (κ2) is 5.60. The summed E-state index contributed by atoms with van der Waals surface area (Å²) in [6.45, 7) is 2.04. The summed E-state index contributed by atoms with van der Waals surface area (Å²) in [6, 6.07) is 15.7. The first-order valence-corrected chi connectivity index (χ1v) is 7.86. The Kier molecular flexibility index (Phi) is 3.41. The summed E-state index contributed by atoms with van der Waals surface area (Å²) in [4.78, 5) is 14.7. The molecule has 1 amide bonds. The van der Waals surface area contributed by atoms with Gasteiger partial charge in [0.05, 0.1) is 5.69 Å². The quantitative estimate of drug-likeness (QED) is 0.723. The molecule has 0 radical (unpaired) electrons. The van der Waals surface area contributed by atoms with Crippen LogP contribution in [0, 0.1) is 5.82 Å². The minimum atomic E-state index is -0.301. The van der Waals surface area contributed by atoms with Crippen LogP contribution in [-0.2, 0) is 6.42 Å². The van der Waals surface area contributed by atoms with Gasteiger partial charge < -0.3 is 4.90 Å². The maximum absolute atomic E-state index is 13.0. The molecule has 2 heterocycles. The van der Waals surface area contributed by atoms with Gasteiger partial charge >= 0.3 is 0 Å². The van der Waals surface area contributed by atoms with Crippen molar-refractivity contribution in [2.24, 2.45) is 0 Å². The highest BCUT2D eigenvalue weighted by Crippen LogP contribution is 2.32. The first kappa shape index (κ1) is 14.6. The molecule has 1 unspecified atom stereocenters. The zero-order chi connectivity index (χ0) is 16.7. The lowest BCUT2D eigenvalue weighted by atomic mass is 10.1. The van der Waals surface area contributed by atoms with Crippen molar-refractivity contribution in [2.45, 2.75) is 19.4 Å². The molecule has 24 heavy (non-hydrogen) atoms. The minimum Gasteiger partial charge on any atom is -0.304 e. The maximum atomic E-state index is 13.0. The van der Waals surface area contributed by atoms with Crippen molar-refractivity contribution in [3.05, 3.63) is 77.9 Å². The molecule has 4 nitrogen and oxygen atoms in total. The van der Waals surface area contributed by atoms with Gasteiger partial charge in [-0.05, 0) is 55.3 Å². The van der Waals surface area contributed by atoms with E-state index in [4.69, 9.17) is 0 Å². The van der Waals surface area contributed by atoms with Gasteiger partial charge in [0.15, 0.2) is 5.69 Å². The lowest BCUT2D eigenvalue weighted by molar-refractivity contribution is 0.0976. The van der Waals surface area contributed by atoms with Crippen LogP contribution in [0.2, 0.25) is 0 Å². The second-order valence-electron chi connectivity index (χ2n) is 5.98. The van der Waals surface area contributed by atoms with Crippen molar-refractivity contribution in [3.8, 4) is 5.69 Å². The van der Waals surface area contributed by atoms with E-state index >= 15 is 0 Å². The number of carbonyl (C=O) groups excluding carboxylic acids is 1. The standard InChI is InChI=1S/C19H16FN3O/c1-13-12-14-4-2-3-5-18(14)23(13)19(24)17-10-11-22(21-17)16-8-6-15(20)7-9-16/h2-11,13H,12H2,1H3. The largest absolute Gasteiger partial charge is 0.304 e. The Hall–Kier alpha value is -2.95. The zero-order valence-electron chi connectivity index (χ0n) is 13.2. The number of halogens is 1. The van der Waals surface area contributed by atoms with E-state index in [1.807, 2.05) is 25.1 Å². The first-order valence-electron chi connectivity index (χ1n) is 7.86. The predicted octanol–water partition coefficient (Wildman–Crippen LogP) is 3.60. The molecule has 0 saturated heterocycles. The Morgan fingerprint density at radius 3 is 2.67 bits per heavy atom. The van der Waals surface area contributed by atoms with Crippen LogP contribution in [0.15, 0.2) is 60.8 Å². The normalized spacial score (nSPS) is 16.2. The van der Waals surface area contributed by atoms with Gasteiger partial charge in [-0.3, -0.25) is 4.79 Å². The summed E-state index contributed by atoms with van der Waals surface area (Å²) in [5.74, 6) is -0.419. The number of carbonyl (C=O) groups is 1. The van der Waals surface area contributed by atoms with Gasteiger partial charge in [0.2, 0.25) is 0 Å². The van der Waals surface area contributed by atoms with Gasteiger partial charge in [0.25, 0.3) is 5.91 Å². The Balaban J connectivity index is 1.65. The van der Waals surface area contributed by atoms with E-state index in [-0.39, 0.29) is 17.8 Å². The molecule has 0 saturated carbocycles. The lowest BCUT2D eigenvalue weighted by Crippen LogP contribution is -2.36. The summed E-state index contributed by atoms with van der Waals surface area (Å²) in [6.07, 6.45) is 2.56. The van der Waals surface area contributed by atoms with E-state index in [2.05, 4.69) is 11.2 Å². The molecular weight excluding hydrogens is 305 g/mol. The van der Waals surface area contributed by atoms with Crippen LogP contribution in [0.25, 0.3) is 5.69 Å². The molecule has 0 spiro atoms. The van der Waals surface area contributed by atoms with Crippen molar-refractivity contribution >= 4 is 11.6 Å². The van der Waals surface area contributed by atoms with Gasteiger partial charge in [0.1, 0.15) is 5.82 Å². The number of hydrogen-bond donors (Lipinski definition) is 0. The van der Waals surface area contributed by atoms with Gasteiger partial charge in [-0.15, -0.1) is 0 Å². The molecule has 1 atom stereocenters. The summed E-state index contributed by atoms with van der Waals surface area (Å²) in [7, 11) is 0. The molecule has 3 aromatic rings. The molecule has 2 aromatic carbocycles. The summed E-state index contributed by atoms with van der Waals surface area (Å²) < 4.78 is 14.6. The Morgan fingerprint density at radius 1 is 1.12 bits per heavy atom. The van der Waals surface area contributed by atoms with E-state index in [9.17, 15) is 9.18 Å². The predicted molar refractivity (Wildman–Crippen MR) is 89.9 cm³/mol. The number of anilines is 1. The van der Waals surface area contributed by atoms with E-state index in [0.717, 1.165) is 12.1 Å². The molecule has 1 aliphatic heterocycles. The average Bonchev–Trinajstić information content (AvgIpc) is 3.19. The van der Waals surface area contributed by atoms with Crippen molar-refractivity contribution in [1.82, 2.24) is 9.78 Å². The third-order valence-corrected chi connectivity index (χ3v) is 4.33. The van der Waals surface area contributed by atoms with Crippen LogP contribution in [0.4, 0.5) is 10.1 Å². The number of nitrogens with zero attached hydrogens (tertiary/aromatic N) is 3. The van der Waals surface area contributed by atoms with Crippen LogP contribution >= 0.6 is 0 Å². The van der Waals surface area contributed by atoms with Crippen LogP contribution in [0.5, 0.6) is 0 Å². The smallest absolute Gasteiger partial charge is 0.279 e. The van der Waals surface area contributed by atoms with E-state index in [1.165, 1.54) is 17.7 Å². The second-order valence-corrected chi connectivity index (χ2v) is 5.98.